The van der Waals surface area contributed by atoms with E-state index in [4.69, 9.17) is 4.74 Å². The molecular formula is C30H29F2N3O6. The van der Waals surface area contributed by atoms with Crippen LogP contribution in [0.15, 0.2) is 66.7 Å². The lowest BCUT2D eigenvalue weighted by molar-refractivity contribution is -0.134. The first kappa shape index (κ1) is 28.2. The average molecular weight is 566 g/mol. The molecule has 4 amide bonds. The molecule has 11 heteroatoms. The average Bonchev–Trinajstić information content (AvgIpc) is 3.78. The van der Waals surface area contributed by atoms with E-state index in [2.05, 4.69) is 10.6 Å². The van der Waals surface area contributed by atoms with Crippen molar-refractivity contribution in [1.29, 1.82) is 0 Å². The summed E-state index contributed by atoms with van der Waals surface area (Å²) in [6.07, 6.45) is 1.03. The van der Waals surface area contributed by atoms with Crippen molar-refractivity contribution in [3.8, 4) is 5.75 Å². The molecular weight excluding hydrogens is 536 g/mol. The van der Waals surface area contributed by atoms with Crippen molar-refractivity contribution in [2.45, 2.75) is 43.4 Å². The maximum Gasteiger partial charge on any atom is 0.325 e. The molecule has 3 aromatic carbocycles. The van der Waals surface area contributed by atoms with Gasteiger partial charge >= 0.3 is 6.03 Å². The number of benzene rings is 3. The van der Waals surface area contributed by atoms with E-state index in [1.54, 1.807) is 18.2 Å². The number of urea groups is 1. The summed E-state index contributed by atoms with van der Waals surface area (Å²) in [6, 6.07) is 12.7. The van der Waals surface area contributed by atoms with E-state index in [0.717, 1.165) is 23.3 Å². The Labute approximate surface area is 234 Å². The highest BCUT2D eigenvalue weighted by Gasteiger charge is 2.45. The largest absolute Gasteiger partial charge is 0.486 e. The maximum absolute atomic E-state index is 14.9. The Kier molecular flexibility index (Phi) is 8.27. The third kappa shape index (κ3) is 6.36. The van der Waals surface area contributed by atoms with Gasteiger partial charge in [0, 0.05) is 6.42 Å². The summed E-state index contributed by atoms with van der Waals surface area (Å²) in [5.41, 5.74) is 1.67. The highest BCUT2D eigenvalue weighted by Crippen LogP contribution is 2.40. The Hall–Kier alpha value is -4.35. The molecule has 0 bridgehead atoms. The minimum absolute atomic E-state index is 0.0771. The predicted octanol–water partition coefficient (Wildman–Crippen LogP) is 3.42. The van der Waals surface area contributed by atoms with Crippen LogP contribution in [0.4, 0.5) is 19.3 Å². The second-order valence-electron chi connectivity index (χ2n) is 10.1. The molecule has 1 heterocycles. The van der Waals surface area contributed by atoms with E-state index >= 15 is 0 Å². The standard InChI is InChI=1S/C30H29F2N3O6/c31-21-8-1-17(2-9-21)13-26(28(38)33-25-12-7-20(14-24(25)32)18-3-4-18)35-29(39)27(34-30(35)40)19-5-10-22(11-6-19)41-23(15-36)16-37/h1-2,5-12,14,18,23,26-27,36-37H,3-4,13,15-16H2,(H,33,38)(H,34,40)/t26-,27+/m0/s1. The van der Waals surface area contributed by atoms with Gasteiger partial charge < -0.3 is 25.6 Å². The van der Waals surface area contributed by atoms with Crippen LogP contribution in [0.25, 0.3) is 0 Å². The molecule has 2 aliphatic rings. The Bertz CT molecular complexity index is 1430. The SMILES string of the molecule is O=C(Nc1ccc(C2CC2)cc1F)[C@H](Cc1ccc(F)cc1)N1C(=O)N[C@H](c2ccc(OC(CO)CO)cc2)C1=O. The molecule has 5 rings (SSSR count). The Morgan fingerprint density at radius 1 is 0.976 bits per heavy atom. The van der Waals surface area contributed by atoms with E-state index in [1.165, 1.54) is 48.5 Å². The topological polar surface area (TPSA) is 128 Å². The van der Waals surface area contributed by atoms with Gasteiger partial charge in [0.25, 0.3) is 5.91 Å². The fourth-order valence-corrected chi connectivity index (χ4v) is 4.74. The van der Waals surface area contributed by atoms with E-state index in [0.29, 0.717) is 22.8 Å². The number of imide groups is 1. The maximum atomic E-state index is 14.9. The minimum atomic E-state index is -1.36. The number of carbonyl (C=O) groups excluding carboxylic acids is 3. The van der Waals surface area contributed by atoms with Crippen LogP contribution in [0.1, 0.15) is 41.5 Å². The second-order valence-corrected chi connectivity index (χ2v) is 10.1. The summed E-state index contributed by atoms with van der Waals surface area (Å²) in [7, 11) is 0. The molecule has 2 atom stereocenters. The number of carbonyl (C=O) groups is 3. The van der Waals surface area contributed by atoms with Gasteiger partial charge in [0.2, 0.25) is 5.91 Å². The number of halogens is 2. The zero-order valence-corrected chi connectivity index (χ0v) is 21.9. The van der Waals surface area contributed by atoms with Crippen molar-refractivity contribution >= 4 is 23.5 Å². The molecule has 4 N–H and O–H groups in total. The van der Waals surface area contributed by atoms with Crippen molar-refractivity contribution in [3.63, 3.8) is 0 Å². The Balaban J connectivity index is 1.38. The van der Waals surface area contributed by atoms with Gasteiger partial charge in [0.05, 0.1) is 18.9 Å². The molecule has 1 aliphatic heterocycles. The van der Waals surface area contributed by atoms with Crippen molar-refractivity contribution in [2.24, 2.45) is 0 Å². The number of hydrogen-bond donors (Lipinski definition) is 4. The lowest BCUT2D eigenvalue weighted by atomic mass is 10.0. The summed E-state index contributed by atoms with van der Waals surface area (Å²) in [5, 5.41) is 23.5. The van der Waals surface area contributed by atoms with Gasteiger partial charge in [-0.15, -0.1) is 0 Å². The Morgan fingerprint density at radius 2 is 1.63 bits per heavy atom. The third-order valence-electron chi connectivity index (χ3n) is 7.15. The molecule has 41 heavy (non-hydrogen) atoms. The lowest BCUT2D eigenvalue weighted by Gasteiger charge is -2.25. The third-order valence-corrected chi connectivity index (χ3v) is 7.15. The first-order chi connectivity index (χ1) is 19.8. The summed E-state index contributed by atoms with van der Waals surface area (Å²) < 4.78 is 33.8. The molecule has 0 aromatic heterocycles. The highest BCUT2D eigenvalue weighted by molar-refractivity contribution is 6.09. The molecule has 9 nitrogen and oxygen atoms in total. The quantitative estimate of drug-likeness (QED) is 0.264. The number of nitrogens with zero attached hydrogens (tertiary/aromatic N) is 1. The van der Waals surface area contributed by atoms with Gasteiger partial charge in [-0.2, -0.15) is 0 Å². The van der Waals surface area contributed by atoms with Crippen LogP contribution >= 0.6 is 0 Å². The molecule has 3 aromatic rings. The van der Waals surface area contributed by atoms with Crippen LogP contribution in [-0.4, -0.2) is 58.3 Å². The van der Waals surface area contributed by atoms with Crippen LogP contribution < -0.4 is 15.4 Å². The van der Waals surface area contributed by atoms with E-state index in [1.807, 2.05) is 0 Å². The molecule has 0 spiro atoms. The Morgan fingerprint density at radius 3 is 2.24 bits per heavy atom. The first-order valence-electron chi connectivity index (χ1n) is 13.2. The van der Waals surface area contributed by atoms with Crippen molar-refractivity contribution in [3.05, 3.63) is 95.1 Å². The number of amides is 4. The molecule has 1 saturated heterocycles. The smallest absolute Gasteiger partial charge is 0.325 e. The van der Waals surface area contributed by atoms with E-state index in [-0.39, 0.29) is 12.1 Å². The zero-order valence-electron chi connectivity index (χ0n) is 21.9. The molecule has 0 unspecified atom stereocenters. The predicted molar refractivity (Wildman–Crippen MR) is 144 cm³/mol. The summed E-state index contributed by atoms with van der Waals surface area (Å²) in [5.74, 6) is -1.93. The zero-order chi connectivity index (χ0) is 29.1. The second kappa shape index (κ2) is 12.0. The van der Waals surface area contributed by atoms with Gasteiger partial charge in [-0.25, -0.2) is 18.5 Å². The van der Waals surface area contributed by atoms with Crippen LogP contribution in [0.5, 0.6) is 5.75 Å². The summed E-state index contributed by atoms with van der Waals surface area (Å²) in [4.78, 5) is 40.9. The fraction of sp³-hybridized carbons (Fsp3) is 0.300. The van der Waals surface area contributed by atoms with Gasteiger partial charge in [0.15, 0.2) is 0 Å². The molecule has 0 radical (unpaired) electrons. The number of ether oxygens (including phenoxy) is 1. The van der Waals surface area contributed by atoms with Crippen LogP contribution in [0.2, 0.25) is 0 Å². The first-order valence-corrected chi connectivity index (χ1v) is 13.2. The van der Waals surface area contributed by atoms with E-state index < -0.39 is 60.9 Å². The van der Waals surface area contributed by atoms with Crippen LogP contribution in [0.3, 0.4) is 0 Å². The minimum Gasteiger partial charge on any atom is -0.486 e. The molecule has 1 aliphatic carbocycles. The van der Waals surface area contributed by atoms with Gasteiger partial charge in [-0.3, -0.25) is 9.59 Å². The highest BCUT2D eigenvalue weighted by atomic mass is 19.1. The molecule has 2 fully saturated rings. The van der Waals surface area contributed by atoms with Crippen molar-refractivity contribution < 1.29 is 38.1 Å². The fourth-order valence-electron chi connectivity index (χ4n) is 4.74. The number of nitrogens with one attached hydrogen (secondary N) is 2. The van der Waals surface area contributed by atoms with E-state index in [9.17, 15) is 33.4 Å². The van der Waals surface area contributed by atoms with Crippen LogP contribution in [-0.2, 0) is 16.0 Å². The van der Waals surface area contributed by atoms with Crippen molar-refractivity contribution in [1.82, 2.24) is 10.2 Å². The van der Waals surface area contributed by atoms with Crippen LogP contribution in [0, 0.1) is 11.6 Å². The van der Waals surface area contributed by atoms with Gasteiger partial charge in [-0.1, -0.05) is 30.3 Å². The molecule has 214 valence electrons. The normalized spacial score (nSPS) is 17.5. The van der Waals surface area contributed by atoms with Gasteiger partial charge in [0.1, 0.15) is 35.6 Å². The number of hydrogen-bond acceptors (Lipinski definition) is 6. The van der Waals surface area contributed by atoms with Gasteiger partial charge in [-0.05, 0) is 71.8 Å². The number of aliphatic hydroxyl groups excluding tert-OH is 2. The number of anilines is 1. The van der Waals surface area contributed by atoms with Crippen molar-refractivity contribution in [2.75, 3.05) is 18.5 Å². The molecule has 1 saturated carbocycles. The lowest BCUT2D eigenvalue weighted by Crippen LogP contribution is -2.49. The summed E-state index contributed by atoms with van der Waals surface area (Å²) >= 11 is 0. The monoisotopic (exact) mass is 565 g/mol. The number of rotatable bonds is 11. The summed E-state index contributed by atoms with van der Waals surface area (Å²) in [6.45, 7) is -0.785. The number of aliphatic hydroxyl groups is 2.